The van der Waals surface area contributed by atoms with E-state index in [0.29, 0.717) is 12.0 Å². The Morgan fingerprint density at radius 3 is 2.58 bits per heavy atom. The van der Waals surface area contributed by atoms with Crippen molar-refractivity contribution in [2.45, 2.75) is 25.8 Å². The Bertz CT molecular complexity index is 585. The molecule has 0 unspecified atom stereocenters. The van der Waals surface area contributed by atoms with Gasteiger partial charge in [-0.25, -0.2) is 0 Å². The van der Waals surface area contributed by atoms with Crippen molar-refractivity contribution in [3.05, 3.63) is 48.0 Å². The molecule has 0 saturated heterocycles. The molecule has 0 spiro atoms. The van der Waals surface area contributed by atoms with Crippen LogP contribution >= 0.6 is 0 Å². The van der Waals surface area contributed by atoms with Gasteiger partial charge in [0, 0.05) is 17.7 Å². The van der Waals surface area contributed by atoms with E-state index < -0.39 is 5.54 Å². The predicted molar refractivity (Wildman–Crippen MR) is 77.2 cm³/mol. The molecule has 0 saturated carbocycles. The molecular weight excluding hydrogens is 238 g/mol. The summed E-state index contributed by atoms with van der Waals surface area (Å²) in [4.78, 5) is 12.4. The second-order valence-electron chi connectivity index (χ2n) is 5.34. The number of fused-ring (bicyclic) bond motifs is 1. The van der Waals surface area contributed by atoms with Gasteiger partial charge in [0.05, 0.1) is 0 Å². The Hall–Kier alpha value is -1.87. The number of hydrogen-bond donors (Lipinski definition) is 2. The standard InChI is InChI=1S/C16H19NO2/c1-16(2,10-11-18)17-15(19)14-9-5-7-12-6-3-4-8-13(12)14/h3-9,18H,10-11H2,1-2H3,(H,17,19). The molecule has 2 aromatic carbocycles. The van der Waals surface area contributed by atoms with Gasteiger partial charge in [0.2, 0.25) is 0 Å². The first-order chi connectivity index (χ1) is 9.03. The van der Waals surface area contributed by atoms with Gasteiger partial charge in [-0.05, 0) is 37.1 Å². The highest BCUT2D eigenvalue weighted by molar-refractivity contribution is 6.07. The van der Waals surface area contributed by atoms with Gasteiger partial charge in [0.25, 0.3) is 5.91 Å². The lowest BCUT2D eigenvalue weighted by Gasteiger charge is -2.25. The lowest BCUT2D eigenvalue weighted by molar-refractivity contribution is 0.0901. The van der Waals surface area contributed by atoms with Crippen molar-refractivity contribution in [1.82, 2.24) is 5.32 Å². The van der Waals surface area contributed by atoms with Crippen LogP contribution in [0.3, 0.4) is 0 Å². The van der Waals surface area contributed by atoms with Gasteiger partial charge in [-0.15, -0.1) is 0 Å². The number of hydrogen-bond acceptors (Lipinski definition) is 2. The van der Waals surface area contributed by atoms with E-state index in [9.17, 15) is 4.79 Å². The van der Waals surface area contributed by atoms with Gasteiger partial charge in [-0.1, -0.05) is 36.4 Å². The number of aliphatic hydroxyl groups is 1. The average molecular weight is 257 g/mol. The van der Waals surface area contributed by atoms with E-state index in [1.54, 1.807) is 0 Å². The molecule has 0 fully saturated rings. The highest BCUT2D eigenvalue weighted by Crippen LogP contribution is 2.19. The van der Waals surface area contributed by atoms with Gasteiger partial charge < -0.3 is 10.4 Å². The molecule has 0 atom stereocenters. The van der Waals surface area contributed by atoms with Crippen LogP contribution in [0.5, 0.6) is 0 Å². The van der Waals surface area contributed by atoms with Gasteiger partial charge in [0.1, 0.15) is 0 Å². The van der Waals surface area contributed by atoms with Crippen molar-refractivity contribution >= 4 is 16.7 Å². The molecule has 2 N–H and O–H groups in total. The van der Waals surface area contributed by atoms with Crippen molar-refractivity contribution in [3.63, 3.8) is 0 Å². The molecule has 0 aliphatic heterocycles. The third kappa shape index (κ3) is 3.12. The van der Waals surface area contributed by atoms with E-state index >= 15 is 0 Å². The molecule has 3 heteroatoms. The number of nitrogens with one attached hydrogen (secondary N) is 1. The quantitative estimate of drug-likeness (QED) is 0.884. The number of aliphatic hydroxyl groups excluding tert-OH is 1. The van der Waals surface area contributed by atoms with Crippen LogP contribution in [0.2, 0.25) is 0 Å². The van der Waals surface area contributed by atoms with Crippen LogP contribution in [-0.4, -0.2) is 23.2 Å². The largest absolute Gasteiger partial charge is 0.396 e. The van der Waals surface area contributed by atoms with E-state index in [1.807, 2.05) is 56.3 Å². The van der Waals surface area contributed by atoms with Gasteiger partial charge in [-0.2, -0.15) is 0 Å². The fraction of sp³-hybridized carbons (Fsp3) is 0.312. The van der Waals surface area contributed by atoms with Crippen molar-refractivity contribution in [2.24, 2.45) is 0 Å². The first kappa shape index (κ1) is 13.6. The van der Waals surface area contributed by atoms with Crippen molar-refractivity contribution in [1.29, 1.82) is 0 Å². The summed E-state index contributed by atoms with van der Waals surface area (Å²) in [5.41, 5.74) is 0.257. The summed E-state index contributed by atoms with van der Waals surface area (Å²) in [6.07, 6.45) is 0.531. The van der Waals surface area contributed by atoms with Crippen LogP contribution in [0.15, 0.2) is 42.5 Å². The molecule has 0 radical (unpaired) electrons. The minimum atomic E-state index is -0.414. The second kappa shape index (κ2) is 5.41. The van der Waals surface area contributed by atoms with Crippen LogP contribution in [0.4, 0.5) is 0 Å². The van der Waals surface area contributed by atoms with Gasteiger partial charge in [-0.3, -0.25) is 4.79 Å². The Morgan fingerprint density at radius 2 is 1.84 bits per heavy atom. The molecule has 0 heterocycles. The molecule has 0 aromatic heterocycles. The molecule has 0 aliphatic carbocycles. The zero-order chi connectivity index (χ0) is 13.9. The van der Waals surface area contributed by atoms with Crippen LogP contribution in [0, 0.1) is 0 Å². The van der Waals surface area contributed by atoms with E-state index in [2.05, 4.69) is 5.32 Å². The minimum Gasteiger partial charge on any atom is -0.396 e. The summed E-state index contributed by atoms with van der Waals surface area (Å²) >= 11 is 0. The third-order valence-corrected chi connectivity index (χ3v) is 3.22. The summed E-state index contributed by atoms with van der Waals surface area (Å²) < 4.78 is 0. The SMILES string of the molecule is CC(C)(CCO)NC(=O)c1cccc2ccccc12. The maximum atomic E-state index is 12.4. The molecule has 2 aromatic rings. The van der Waals surface area contributed by atoms with Crippen LogP contribution < -0.4 is 5.32 Å². The summed E-state index contributed by atoms with van der Waals surface area (Å²) in [7, 11) is 0. The molecule has 1 amide bonds. The maximum Gasteiger partial charge on any atom is 0.252 e. The van der Waals surface area contributed by atoms with Crippen molar-refractivity contribution in [2.75, 3.05) is 6.61 Å². The first-order valence-electron chi connectivity index (χ1n) is 6.45. The molecular formula is C16H19NO2. The number of rotatable bonds is 4. The summed E-state index contributed by atoms with van der Waals surface area (Å²) in [6, 6.07) is 13.5. The van der Waals surface area contributed by atoms with Crippen molar-refractivity contribution < 1.29 is 9.90 Å². The van der Waals surface area contributed by atoms with E-state index in [1.165, 1.54) is 0 Å². The van der Waals surface area contributed by atoms with Crippen LogP contribution in [-0.2, 0) is 0 Å². The summed E-state index contributed by atoms with van der Waals surface area (Å²) in [6.45, 7) is 3.88. The van der Waals surface area contributed by atoms with Crippen LogP contribution in [0.25, 0.3) is 10.8 Å². The smallest absolute Gasteiger partial charge is 0.252 e. The first-order valence-corrected chi connectivity index (χ1v) is 6.45. The Labute approximate surface area is 113 Å². The summed E-state index contributed by atoms with van der Waals surface area (Å²) in [5.74, 6) is -0.102. The fourth-order valence-electron chi connectivity index (χ4n) is 2.14. The number of carbonyl (C=O) groups is 1. The molecule has 2 rings (SSSR count). The number of carbonyl (C=O) groups excluding carboxylic acids is 1. The Kier molecular flexibility index (Phi) is 3.86. The predicted octanol–water partition coefficient (Wildman–Crippen LogP) is 2.73. The monoisotopic (exact) mass is 257 g/mol. The highest BCUT2D eigenvalue weighted by Gasteiger charge is 2.21. The topological polar surface area (TPSA) is 49.3 Å². The van der Waals surface area contributed by atoms with E-state index in [0.717, 1.165) is 10.8 Å². The Balaban J connectivity index is 2.32. The number of amides is 1. The van der Waals surface area contributed by atoms with Gasteiger partial charge >= 0.3 is 0 Å². The highest BCUT2D eigenvalue weighted by atomic mass is 16.3. The Morgan fingerprint density at radius 1 is 1.16 bits per heavy atom. The van der Waals surface area contributed by atoms with Crippen molar-refractivity contribution in [3.8, 4) is 0 Å². The zero-order valence-electron chi connectivity index (χ0n) is 11.3. The summed E-state index contributed by atoms with van der Waals surface area (Å²) in [5, 5.41) is 14.0. The lowest BCUT2D eigenvalue weighted by Crippen LogP contribution is -2.44. The third-order valence-electron chi connectivity index (χ3n) is 3.22. The zero-order valence-corrected chi connectivity index (χ0v) is 11.3. The molecule has 0 aliphatic rings. The average Bonchev–Trinajstić information content (AvgIpc) is 2.37. The lowest BCUT2D eigenvalue weighted by atomic mass is 9.99. The van der Waals surface area contributed by atoms with E-state index in [4.69, 9.17) is 5.11 Å². The fourth-order valence-corrected chi connectivity index (χ4v) is 2.14. The molecule has 0 bridgehead atoms. The maximum absolute atomic E-state index is 12.4. The number of benzene rings is 2. The second-order valence-corrected chi connectivity index (χ2v) is 5.34. The normalized spacial score (nSPS) is 11.5. The molecule has 19 heavy (non-hydrogen) atoms. The van der Waals surface area contributed by atoms with Crippen LogP contribution in [0.1, 0.15) is 30.6 Å². The molecule has 100 valence electrons. The molecule has 3 nitrogen and oxygen atoms in total. The van der Waals surface area contributed by atoms with E-state index in [-0.39, 0.29) is 12.5 Å². The minimum absolute atomic E-state index is 0.0584. The van der Waals surface area contributed by atoms with Gasteiger partial charge in [0.15, 0.2) is 0 Å².